The number of nitrogens with two attached hydrogens (primary N) is 1. The molecule has 0 aliphatic heterocycles. The zero-order valence-corrected chi connectivity index (χ0v) is 10.0. The molecule has 4 heteroatoms. The first-order chi connectivity index (χ1) is 8.70. The number of carbonyl (C=O) groups excluding carboxylic acids is 1. The van der Waals surface area contributed by atoms with Crippen molar-refractivity contribution in [2.75, 3.05) is 13.1 Å². The number of hydrogen-bond donors (Lipinski definition) is 2. The normalized spacial score (nSPS) is 13.7. The van der Waals surface area contributed by atoms with Gasteiger partial charge < -0.3 is 11.1 Å². The van der Waals surface area contributed by atoms with Crippen LogP contribution in [0.2, 0.25) is 0 Å². The second kappa shape index (κ2) is 5.65. The van der Waals surface area contributed by atoms with Gasteiger partial charge in [-0.3, -0.25) is 4.79 Å². The first-order valence-corrected chi connectivity index (χ1v) is 5.97. The molecule has 0 radical (unpaired) electrons. The van der Waals surface area contributed by atoms with Crippen LogP contribution in [0.3, 0.4) is 0 Å². The van der Waals surface area contributed by atoms with E-state index in [1.807, 2.05) is 0 Å². The smallest absolute Gasteiger partial charge is 0.252 e. The highest BCUT2D eigenvalue weighted by molar-refractivity contribution is 5.96. The van der Waals surface area contributed by atoms with E-state index >= 15 is 0 Å². The molecule has 3 nitrogen and oxygen atoms in total. The summed E-state index contributed by atoms with van der Waals surface area (Å²) >= 11 is 0. The third kappa shape index (κ3) is 3.31. The molecule has 2 rings (SSSR count). The maximum absolute atomic E-state index is 13.2. The fourth-order valence-corrected chi connectivity index (χ4v) is 1.61. The van der Waals surface area contributed by atoms with E-state index in [0.29, 0.717) is 18.0 Å². The number of hydrogen-bond acceptors (Lipinski definition) is 2. The number of amides is 1. The molecule has 1 saturated carbocycles. The molecule has 1 aromatic carbocycles. The lowest BCUT2D eigenvalue weighted by molar-refractivity contribution is 0.0951. The summed E-state index contributed by atoms with van der Waals surface area (Å²) in [6.45, 7) is 0.861. The second-order valence-corrected chi connectivity index (χ2v) is 4.35. The Morgan fingerprint density at radius 3 is 2.94 bits per heavy atom. The van der Waals surface area contributed by atoms with Gasteiger partial charge in [0.25, 0.3) is 5.91 Å². The van der Waals surface area contributed by atoms with Crippen molar-refractivity contribution in [3.63, 3.8) is 0 Å². The average Bonchev–Trinajstić information content (AvgIpc) is 3.18. The lowest BCUT2D eigenvalue weighted by atomic mass is 10.1. The Kier molecular flexibility index (Phi) is 3.96. The van der Waals surface area contributed by atoms with E-state index in [1.54, 1.807) is 0 Å². The van der Waals surface area contributed by atoms with Crippen molar-refractivity contribution < 1.29 is 9.18 Å². The maximum atomic E-state index is 13.2. The molecule has 1 amide bonds. The number of carbonyl (C=O) groups is 1. The van der Waals surface area contributed by atoms with Crippen molar-refractivity contribution in [3.05, 3.63) is 35.1 Å². The summed E-state index contributed by atoms with van der Waals surface area (Å²) < 4.78 is 13.2. The first kappa shape index (κ1) is 12.6. The highest BCUT2D eigenvalue weighted by Crippen LogP contribution is 2.27. The Morgan fingerprint density at radius 1 is 1.50 bits per heavy atom. The summed E-state index contributed by atoms with van der Waals surface area (Å²) in [4.78, 5) is 11.9. The van der Waals surface area contributed by atoms with Crippen LogP contribution in [0.4, 0.5) is 4.39 Å². The van der Waals surface area contributed by atoms with E-state index in [0.717, 1.165) is 12.8 Å². The molecule has 1 fully saturated rings. The summed E-state index contributed by atoms with van der Waals surface area (Å²) in [5, 5.41) is 2.80. The minimum Gasteiger partial charge on any atom is -0.352 e. The lowest BCUT2D eigenvalue weighted by Crippen LogP contribution is -2.26. The van der Waals surface area contributed by atoms with Crippen molar-refractivity contribution in [1.82, 2.24) is 5.32 Å². The molecule has 18 heavy (non-hydrogen) atoms. The van der Waals surface area contributed by atoms with E-state index < -0.39 is 5.82 Å². The fourth-order valence-electron chi connectivity index (χ4n) is 1.61. The topological polar surface area (TPSA) is 55.1 Å². The van der Waals surface area contributed by atoms with Gasteiger partial charge in [-0.15, -0.1) is 0 Å². The molecule has 1 aromatic rings. The van der Waals surface area contributed by atoms with Gasteiger partial charge in [-0.25, -0.2) is 4.39 Å². The lowest BCUT2D eigenvalue weighted by Gasteiger charge is -2.06. The third-order valence-corrected chi connectivity index (χ3v) is 2.80. The second-order valence-electron chi connectivity index (χ2n) is 4.35. The minimum absolute atomic E-state index is 0.209. The van der Waals surface area contributed by atoms with Gasteiger partial charge in [0.15, 0.2) is 0 Å². The largest absolute Gasteiger partial charge is 0.352 e. The molecule has 0 heterocycles. The van der Waals surface area contributed by atoms with Crippen molar-refractivity contribution >= 4 is 5.91 Å². The predicted molar refractivity (Wildman–Crippen MR) is 67.4 cm³/mol. The van der Waals surface area contributed by atoms with Crippen LogP contribution in [-0.2, 0) is 0 Å². The molecule has 1 aliphatic rings. The van der Waals surface area contributed by atoms with E-state index in [1.165, 1.54) is 18.2 Å². The van der Waals surface area contributed by atoms with Crippen LogP contribution in [-0.4, -0.2) is 19.0 Å². The van der Waals surface area contributed by atoms with Gasteiger partial charge in [0, 0.05) is 12.1 Å². The SMILES string of the molecule is NCC#Cc1ccc(F)cc1C(=O)NCC1CC1. The Bertz CT molecular complexity index is 512. The van der Waals surface area contributed by atoms with Gasteiger partial charge in [-0.05, 0) is 37.0 Å². The molecule has 0 atom stereocenters. The van der Waals surface area contributed by atoms with Crippen LogP contribution in [0.25, 0.3) is 0 Å². The van der Waals surface area contributed by atoms with Crippen molar-refractivity contribution in [1.29, 1.82) is 0 Å². The van der Waals surface area contributed by atoms with Crippen LogP contribution in [0.1, 0.15) is 28.8 Å². The Labute approximate surface area is 106 Å². The number of rotatable bonds is 3. The Morgan fingerprint density at radius 2 is 2.28 bits per heavy atom. The summed E-state index contributed by atoms with van der Waals surface area (Å²) in [5.74, 6) is 5.32. The van der Waals surface area contributed by atoms with Crippen LogP contribution in [0, 0.1) is 23.6 Å². The zero-order valence-electron chi connectivity index (χ0n) is 10.0. The summed E-state index contributed by atoms with van der Waals surface area (Å²) in [7, 11) is 0. The average molecular weight is 246 g/mol. The van der Waals surface area contributed by atoms with Gasteiger partial charge >= 0.3 is 0 Å². The van der Waals surface area contributed by atoms with Gasteiger partial charge in [0.05, 0.1) is 12.1 Å². The Hall–Kier alpha value is -1.86. The Balaban J connectivity index is 2.16. The maximum Gasteiger partial charge on any atom is 0.252 e. The highest BCUT2D eigenvalue weighted by atomic mass is 19.1. The molecule has 0 aromatic heterocycles. The van der Waals surface area contributed by atoms with Crippen molar-refractivity contribution in [2.24, 2.45) is 11.7 Å². The molecule has 3 N–H and O–H groups in total. The molecule has 0 bridgehead atoms. The van der Waals surface area contributed by atoms with E-state index in [9.17, 15) is 9.18 Å². The van der Waals surface area contributed by atoms with Gasteiger partial charge in [-0.2, -0.15) is 0 Å². The van der Waals surface area contributed by atoms with E-state index in [2.05, 4.69) is 17.2 Å². The zero-order chi connectivity index (χ0) is 13.0. The minimum atomic E-state index is -0.440. The molecule has 0 saturated heterocycles. The monoisotopic (exact) mass is 246 g/mol. The van der Waals surface area contributed by atoms with Crippen molar-refractivity contribution in [2.45, 2.75) is 12.8 Å². The molecule has 0 unspecified atom stereocenters. The van der Waals surface area contributed by atoms with Gasteiger partial charge in [0.1, 0.15) is 5.82 Å². The van der Waals surface area contributed by atoms with E-state index in [-0.39, 0.29) is 18.0 Å². The molecule has 94 valence electrons. The molecular weight excluding hydrogens is 231 g/mol. The number of halogens is 1. The summed E-state index contributed by atoms with van der Waals surface area (Å²) in [5.41, 5.74) is 6.07. The quantitative estimate of drug-likeness (QED) is 0.789. The van der Waals surface area contributed by atoms with Crippen molar-refractivity contribution in [3.8, 4) is 11.8 Å². The highest BCUT2D eigenvalue weighted by Gasteiger charge is 2.22. The van der Waals surface area contributed by atoms with E-state index in [4.69, 9.17) is 5.73 Å². The summed E-state index contributed by atoms with van der Waals surface area (Å²) in [6.07, 6.45) is 2.31. The number of benzene rings is 1. The predicted octanol–water partition coefficient (Wildman–Crippen LogP) is 1.28. The van der Waals surface area contributed by atoms with Crippen LogP contribution in [0.15, 0.2) is 18.2 Å². The first-order valence-electron chi connectivity index (χ1n) is 5.97. The van der Waals surface area contributed by atoms with Gasteiger partial charge in [-0.1, -0.05) is 11.8 Å². The standard InChI is InChI=1S/C14H15FN2O/c15-12-6-5-11(2-1-7-16)13(8-12)14(18)17-9-10-3-4-10/h5-6,8,10H,3-4,7,9,16H2,(H,17,18). The molecule has 1 aliphatic carbocycles. The molecular formula is C14H15FN2O. The van der Waals surface area contributed by atoms with Crippen LogP contribution in [0.5, 0.6) is 0 Å². The summed E-state index contributed by atoms with van der Waals surface area (Å²) in [6, 6.07) is 4.00. The number of nitrogens with one attached hydrogen (secondary N) is 1. The fraction of sp³-hybridized carbons (Fsp3) is 0.357. The van der Waals surface area contributed by atoms with Gasteiger partial charge in [0.2, 0.25) is 0 Å². The molecule has 0 spiro atoms. The van der Waals surface area contributed by atoms with Crippen LogP contribution < -0.4 is 11.1 Å². The van der Waals surface area contributed by atoms with Crippen LogP contribution >= 0.6 is 0 Å². The third-order valence-electron chi connectivity index (χ3n) is 2.80.